The monoisotopic (exact) mass is 899 g/mol. The van der Waals surface area contributed by atoms with Crippen molar-refractivity contribution in [3.8, 4) is 11.4 Å². The summed E-state index contributed by atoms with van der Waals surface area (Å²) < 4.78 is 113. The summed E-state index contributed by atoms with van der Waals surface area (Å²) in [7, 11) is -2.86. The van der Waals surface area contributed by atoms with Crippen LogP contribution in [0.15, 0.2) is 63.7 Å². The molecule has 0 spiro atoms. The van der Waals surface area contributed by atoms with Crippen LogP contribution in [0.1, 0.15) is 43.8 Å². The number of thioether (sulfide) groups is 1. The molecule has 3 aromatic carbocycles. The van der Waals surface area contributed by atoms with Gasteiger partial charge in [0.05, 0.1) is 47.6 Å². The number of benzene rings is 3. The SMILES string of the molecule is COc1ccc(CN(c2nn(CC(F)(F)F)c3c(-n4c([C@H](Cc5cc(F)cc(F)c5)NC(=O)OC(C)(C)C)nc5nc(SC)sc5c4=O)ccc(Cl)c23)S(C)(=O)=O)cc1. The van der Waals surface area contributed by atoms with Gasteiger partial charge in [0.25, 0.3) is 5.56 Å². The lowest BCUT2D eigenvalue weighted by Crippen LogP contribution is -2.39. The molecule has 0 aliphatic rings. The summed E-state index contributed by atoms with van der Waals surface area (Å²) in [6, 6.07) is 9.89. The molecule has 3 aromatic heterocycles. The third-order valence-corrected chi connectivity index (χ3v) is 11.9. The molecule has 1 amide bonds. The highest BCUT2D eigenvalue weighted by Crippen LogP contribution is 2.40. The number of halogens is 6. The van der Waals surface area contributed by atoms with E-state index >= 15 is 0 Å². The number of hydrogen-bond acceptors (Lipinski definition) is 11. The van der Waals surface area contributed by atoms with Crippen LogP contribution in [0.5, 0.6) is 5.75 Å². The first-order valence-electron chi connectivity index (χ1n) is 17.3. The highest BCUT2D eigenvalue weighted by Gasteiger charge is 2.35. The van der Waals surface area contributed by atoms with Gasteiger partial charge in [-0.15, -0.1) is 11.3 Å². The number of rotatable bonds is 12. The summed E-state index contributed by atoms with van der Waals surface area (Å²) in [5.74, 6) is -2.26. The van der Waals surface area contributed by atoms with E-state index in [0.29, 0.717) is 26.4 Å². The van der Waals surface area contributed by atoms with Crippen molar-refractivity contribution < 1.29 is 44.6 Å². The van der Waals surface area contributed by atoms with E-state index < -0.39 is 82.0 Å². The number of nitrogens with zero attached hydrogens (tertiary/aromatic N) is 6. The Kier molecular flexibility index (Phi) is 12.2. The summed E-state index contributed by atoms with van der Waals surface area (Å²) in [6.45, 7) is 2.59. The zero-order valence-corrected chi connectivity index (χ0v) is 35.2. The Bertz CT molecular complexity index is 2720. The van der Waals surface area contributed by atoms with Crippen LogP contribution >= 0.6 is 34.7 Å². The molecule has 0 unspecified atom stereocenters. The second kappa shape index (κ2) is 16.6. The van der Waals surface area contributed by atoms with Gasteiger partial charge in [-0.2, -0.15) is 18.3 Å². The van der Waals surface area contributed by atoms with Crippen molar-refractivity contribution in [1.29, 1.82) is 0 Å². The number of fused-ring (bicyclic) bond motifs is 2. The van der Waals surface area contributed by atoms with E-state index in [1.165, 1.54) is 31.0 Å². The summed E-state index contributed by atoms with van der Waals surface area (Å²) in [5, 5.41) is 6.30. The van der Waals surface area contributed by atoms with Gasteiger partial charge in [0.15, 0.2) is 15.8 Å². The van der Waals surface area contributed by atoms with Gasteiger partial charge < -0.3 is 14.8 Å². The smallest absolute Gasteiger partial charge is 0.408 e. The number of amides is 1. The van der Waals surface area contributed by atoms with Gasteiger partial charge in [-0.3, -0.25) is 14.0 Å². The maximum absolute atomic E-state index is 14.8. The standard InChI is InChI=1S/C37H35ClF5N7O6S3/c1-36(2,3)56-34(52)44-25(15-20-13-21(39)16-22(40)14-20)31-45-30-29(58-35(46-30)57-5)33(51)50(31)26-12-11-24(38)27-28(26)48(18-37(41,42)43)47-32(27)49(59(6,53)54)17-19-7-9-23(55-4)10-8-19/h7-14,16,25H,15,17-18H2,1-6H3,(H,44,52)/t25-/m0/s1. The first-order valence-corrected chi connectivity index (χ1v) is 21.6. The number of aromatic nitrogens is 5. The molecule has 314 valence electrons. The molecule has 0 fully saturated rings. The molecule has 59 heavy (non-hydrogen) atoms. The number of anilines is 1. The number of nitrogens with one attached hydrogen (secondary N) is 1. The zero-order valence-electron chi connectivity index (χ0n) is 32.0. The van der Waals surface area contributed by atoms with Crippen LogP contribution < -0.4 is 19.9 Å². The summed E-state index contributed by atoms with van der Waals surface area (Å²) in [6.07, 6.45) is -3.85. The van der Waals surface area contributed by atoms with Gasteiger partial charge in [-0.1, -0.05) is 35.5 Å². The number of hydrogen-bond donors (Lipinski definition) is 1. The molecule has 6 rings (SSSR count). The predicted octanol–water partition coefficient (Wildman–Crippen LogP) is 8.19. The quantitative estimate of drug-likeness (QED) is 0.0941. The Hall–Kier alpha value is -4.99. The largest absolute Gasteiger partial charge is 0.497 e. The molecule has 1 atom stereocenters. The van der Waals surface area contributed by atoms with E-state index in [2.05, 4.69) is 20.4 Å². The van der Waals surface area contributed by atoms with Crippen LogP contribution in [0.2, 0.25) is 5.02 Å². The Morgan fingerprint density at radius 3 is 2.27 bits per heavy atom. The lowest BCUT2D eigenvalue weighted by molar-refractivity contribution is -0.141. The minimum Gasteiger partial charge on any atom is -0.497 e. The molecule has 0 aliphatic carbocycles. The van der Waals surface area contributed by atoms with Crippen molar-refractivity contribution in [2.75, 3.05) is 23.9 Å². The van der Waals surface area contributed by atoms with Gasteiger partial charge in [0.1, 0.15) is 40.1 Å². The van der Waals surface area contributed by atoms with E-state index in [4.69, 9.17) is 21.1 Å². The fraction of sp³-hybridized carbons (Fsp3) is 0.324. The molecule has 0 saturated carbocycles. The lowest BCUT2D eigenvalue weighted by atomic mass is 10.0. The van der Waals surface area contributed by atoms with Gasteiger partial charge >= 0.3 is 12.3 Å². The van der Waals surface area contributed by atoms with Crippen LogP contribution in [0.3, 0.4) is 0 Å². The van der Waals surface area contributed by atoms with Crippen LogP contribution in [-0.2, 0) is 34.3 Å². The summed E-state index contributed by atoms with van der Waals surface area (Å²) >= 11 is 8.87. The van der Waals surface area contributed by atoms with E-state index in [1.54, 1.807) is 51.3 Å². The second-order valence-corrected chi connectivity index (χ2v) is 18.5. The lowest BCUT2D eigenvalue weighted by Gasteiger charge is -2.25. The molecular weight excluding hydrogens is 865 g/mol. The molecule has 13 nitrogen and oxygen atoms in total. The van der Waals surface area contributed by atoms with Crippen molar-refractivity contribution >= 4 is 77.9 Å². The minimum absolute atomic E-state index is 0.000476. The fourth-order valence-corrected chi connectivity index (χ4v) is 8.67. The number of carbonyl (C=O) groups is 1. The molecule has 0 saturated heterocycles. The summed E-state index contributed by atoms with van der Waals surface area (Å²) in [4.78, 5) is 37.3. The Morgan fingerprint density at radius 2 is 1.69 bits per heavy atom. The van der Waals surface area contributed by atoms with E-state index in [-0.39, 0.29) is 37.8 Å². The van der Waals surface area contributed by atoms with Gasteiger partial charge in [-0.25, -0.2) is 36.3 Å². The number of ether oxygens (including phenoxy) is 2. The van der Waals surface area contributed by atoms with E-state index in [0.717, 1.165) is 38.6 Å². The number of methoxy groups -OCH3 is 1. The average Bonchev–Trinajstić information content (AvgIpc) is 3.71. The van der Waals surface area contributed by atoms with Crippen molar-refractivity contribution in [1.82, 2.24) is 29.6 Å². The maximum atomic E-state index is 14.8. The number of thiazole rings is 1. The third-order valence-electron chi connectivity index (χ3n) is 8.47. The van der Waals surface area contributed by atoms with Crippen molar-refractivity contribution in [3.05, 3.63) is 98.6 Å². The molecule has 6 aromatic rings. The Morgan fingerprint density at radius 1 is 1.03 bits per heavy atom. The van der Waals surface area contributed by atoms with Gasteiger partial charge in [-0.05, 0) is 74.6 Å². The summed E-state index contributed by atoms with van der Waals surface area (Å²) in [5.41, 5.74) is -2.31. The highest BCUT2D eigenvalue weighted by atomic mass is 35.5. The first-order chi connectivity index (χ1) is 27.5. The molecule has 0 bridgehead atoms. The predicted molar refractivity (Wildman–Crippen MR) is 215 cm³/mol. The number of alkyl halides is 3. The molecule has 22 heteroatoms. The Labute approximate surface area is 347 Å². The molecule has 0 radical (unpaired) electrons. The van der Waals surface area contributed by atoms with Crippen LogP contribution in [0.25, 0.3) is 26.9 Å². The van der Waals surface area contributed by atoms with Gasteiger partial charge in [0, 0.05) is 12.5 Å². The molecule has 1 N–H and O–H groups in total. The third kappa shape index (κ3) is 9.90. The Balaban J connectivity index is 1.69. The van der Waals surface area contributed by atoms with E-state index in [1.807, 2.05) is 0 Å². The van der Waals surface area contributed by atoms with Gasteiger partial charge in [0.2, 0.25) is 10.0 Å². The van der Waals surface area contributed by atoms with Crippen molar-refractivity contribution in [3.63, 3.8) is 0 Å². The normalized spacial score (nSPS) is 12.9. The fourth-order valence-electron chi connectivity index (χ4n) is 6.18. The number of sulfonamides is 1. The van der Waals surface area contributed by atoms with Crippen LogP contribution in [0, 0.1) is 11.6 Å². The van der Waals surface area contributed by atoms with Crippen LogP contribution in [0.4, 0.5) is 32.6 Å². The number of carbonyl (C=O) groups excluding carboxylic acids is 1. The van der Waals surface area contributed by atoms with Crippen molar-refractivity contribution in [2.24, 2.45) is 0 Å². The zero-order chi connectivity index (χ0) is 43.2. The minimum atomic E-state index is -4.94. The average molecular weight is 900 g/mol. The maximum Gasteiger partial charge on any atom is 0.408 e. The van der Waals surface area contributed by atoms with Crippen LogP contribution in [-0.4, -0.2) is 70.2 Å². The van der Waals surface area contributed by atoms with E-state index in [9.17, 15) is 40.0 Å². The topological polar surface area (TPSA) is 151 Å². The highest BCUT2D eigenvalue weighted by molar-refractivity contribution is 8.00. The number of alkyl carbamates (subject to hydrolysis) is 1. The second-order valence-electron chi connectivity index (χ2n) is 14.1. The van der Waals surface area contributed by atoms with Crippen molar-refractivity contribution in [2.45, 2.75) is 62.4 Å². The molecule has 3 heterocycles. The molecule has 0 aliphatic heterocycles. The molecular formula is C37H35ClF5N7O6S3. The first kappa shape index (κ1) is 43.6.